The number of hydrogen-bond acceptors (Lipinski definition) is 3. The topological polar surface area (TPSA) is 38.7 Å². The Labute approximate surface area is 97.0 Å². The van der Waals surface area contributed by atoms with Crippen LogP contribution in [0.5, 0.6) is 5.75 Å². The van der Waals surface area contributed by atoms with Gasteiger partial charge in [0.2, 0.25) is 0 Å². The SMILES string of the molecule is COCCc1ccc(OC(C)[C@@H](C)O)cc1. The second kappa shape index (κ2) is 6.51. The van der Waals surface area contributed by atoms with Crippen molar-refractivity contribution >= 4 is 0 Å². The van der Waals surface area contributed by atoms with Crippen LogP contribution >= 0.6 is 0 Å². The molecule has 0 radical (unpaired) electrons. The Hall–Kier alpha value is -1.06. The zero-order chi connectivity index (χ0) is 12.0. The second-order valence-corrected chi connectivity index (χ2v) is 3.95. The zero-order valence-corrected chi connectivity index (χ0v) is 10.1. The van der Waals surface area contributed by atoms with Gasteiger partial charge < -0.3 is 14.6 Å². The van der Waals surface area contributed by atoms with Crippen molar-refractivity contribution in [2.75, 3.05) is 13.7 Å². The molecule has 1 aromatic carbocycles. The first-order valence-corrected chi connectivity index (χ1v) is 5.56. The van der Waals surface area contributed by atoms with Crippen molar-refractivity contribution in [3.05, 3.63) is 29.8 Å². The first-order chi connectivity index (χ1) is 7.63. The summed E-state index contributed by atoms with van der Waals surface area (Å²) in [4.78, 5) is 0. The molecule has 0 aliphatic heterocycles. The van der Waals surface area contributed by atoms with Gasteiger partial charge in [0.25, 0.3) is 0 Å². The van der Waals surface area contributed by atoms with Gasteiger partial charge in [-0.3, -0.25) is 0 Å². The predicted octanol–water partition coefficient (Wildman–Crippen LogP) is 2.02. The van der Waals surface area contributed by atoms with Crippen molar-refractivity contribution < 1.29 is 14.6 Å². The quantitative estimate of drug-likeness (QED) is 0.803. The minimum Gasteiger partial charge on any atom is -0.488 e. The molecular weight excluding hydrogens is 204 g/mol. The molecule has 0 spiro atoms. The van der Waals surface area contributed by atoms with E-state index in [1.54, 1.807) is 14.0 Å². The molecule has 0 amide bonds. The first kappa shape index (κ1) is 13.0. The Kier molecular flexibility index (Phi) is 5.29. The maximum Gasteiger partial charge on any atom is 0.121 e. The van der Waals surface area contributed by atoms with E-state index in [4.69, 9.17) is 9.47 Å². The summed E-state index contributed by atoms with van der Waals surface area (Å²) < 4.78 is 10.6. The number of aliphatic hydroxyl groups is 1. The minimum absolute atomic E-state index is 0.190. The fourth-order valence-electron chi connectivity index (χ4n) is 1.27. The maximum atomic E-state index is 9.31. The van der Waals surface area contributed by atoms with E-state index in [0.29, 0.717) is 0 Å². The summed E-state index contributed by atoms with van der Waals surface area (Å²) in [6, 6.07) is 7.87. The van der Waals surface area contributed by atoms with Crippen LogP contribution in [0.4, 0.5) is 0 Å². The van der Waals surface area contributed by atoms with Crippen molar-refractivity contribution in [2.45, 2.75) is 32.5 Å². The van der Waals surface area contributed by atoms with Gasteiger partial charge in [-0.15, -0.1) is 0 Å². The van der Waals surface area contributed by atoms with Gasteiger partial charge >= 0.3 is 0 Å². The summed E-state index contributed by atoms with van der Waals surface area (Å²) in [6.07, 6.45) is 0.251. The zero-order valence-electron chi connectivity index (χ0n) is 10.1. The summed E-state index contributed by atoms with van der Waals surface area (Å²) in [5.41, 5.74) is 1.22. The van der Waals surface area contributed by atoms with Gasteiger partial charge in [-0.1, -0.05) is 12.1 Å². The van der Waals surface area contributed by atoms with Crippen LogP contribution in [0.25, 0.3) is 0 Å². The Morgan fingerprint density at radius 2 is 1.81 bits per heavy atom. The van der Waals surface area contributed by atoms with Crippen molar-refractivity contribution in [1.82, 2.24) is 0 Å². The lowest BCUT2D eigenvalue weighted by Gasteiger charge is -2.17. The molecule has 1 rings (SSSR count). The number of ether oxygens (including phenoxy) is 2. The fourth-order valence-corrected chi connectivity index (χ4v) is 1.27. The van der Waals surface area contributed by atoms with Crippen molar-refractivity contribution in [3.8, 4) is 5.75 Å². The number of methoxy groups -OCH3 is 1. The van der Waals surface area contributed by atoms with Crippen LogP contribution in [-0.4, -0.2) is 31.0 Å². The molecule has 1 aromatic rings. The van der Waals surface area contributed by atoms with E-state index in [1.165, 1.54) is 5.56 Å². The molecule has 90 valence electrons. The molecule has 3 nitrogen and oxygen atoms in total. The normalized spacial score (nSPS) is 14.5. The minimum atomic E-state index is -0.465. The van der Waals surface area contributed by atoms with E-state index in [0.717, 1.165) is 18.8 Å². The van der Waals surface area contributed by atoms with E-state index in [2.05, 4.69) is 0 Å². The third-order valence-corrected chi connectivity index (χ3v) is 2.52. The fraction of sp³-hybridized carbons (Fsp3) is 0.538. The summed E-state index contributed by atoms with van der Waals surface area (Å²) in [5, 5.41) is 9.31. The molecule has 2 atom stereocenters. The molecule has 0 saturated carbocycles. The molecule has 1 unspecified atom stereocenters. The highest BCUT2D eigenvalue weighted by Gasteiger charge is 2.09. The van der Waals surface area contributed by atoms with Crippen LogP contribution in [0.1, 0.15) is 19.4 Å². The highest BCUT2D eigenvalue weighted by Crippen LogP contribution is 2.15. The Balaban J connectivity index is 2.51. The molecule has 0 bridgehead atoms. The van der Waals surface area contributed by atoms with Crippen molar-refractivity contribution in [3.63, 3.8) is 0 Å². The van der Waals surface area contributed by atoms with E-state index >= 15 is 0 Å². The summed E-state index contributed by atoms with van der Waals surface area (Å²) in [5.74, 6) is 0.787. The van der Waals surface area contributed by atoms with Crippen LogP contribution in [0.15, 0.2) is 24.3 Å². The average Bonchev–Trinajstić information content (AvgIpc) is 2.28. The molecule has 16 heavy (non-hydrogen) atoms. The lowest BCUT2D eigenvalue weighted by atomic mass is 10.1. The van der Waals surface area contributed by atoms with E-state index < -0.39 is 6.10 Å². The maximum absolute atomic E-state index is 9.31. The summed E-state index contributed by atoms with van der Waals surface area (Å²) in [7, 11) is 1.70. The molecule has 0 saturated heterocycles. The smallest absolute Gasteiger partial charge is 0.121 e. The summed E-state index contributed by atoms with van der Waals surface area (Å²) in [6.45, 7) is 4.30. The third kappa shape index (κ3) is 4.21. The Morgan fingerprint density at radius 3 is 2.31 bits per heavy atom. The number of benzene rings is 1. The highest BCUT2D eigenvalue weighted by molar-refractivity contribution is 5.27. The molecular formula is C13H20O3. The van der Waals surface area contributed by atoms with Gasteiger partial charge in [-0.05, 0) is 38.0 Å². The van der Waals surface area contributed by atoms with Crippen LogP contribution in [-0.2, 0) is 11.2 Å². The number of hydrogen-bond donors (Lipinski definition) is 1. The standard InChI is InChI=1S/C13H20O3/c1-10(14)11(2)16-13-6-4-12(5-7-13)8-9-15-3/h4-7,10-11,14H,8-9H2,1-3H3/t10-,11?/m1/s1. The van der Waals surface area contributed by atoms with Crippen LogP contribution in [0.3, 0.4) is 0 Å². The molecule has 0 aliphatic rings. The third-order valence-electron chi connectivity index (χ3n) is 2.52. The average molecular weight is 224 g/mol. The van der Waals surface area contributed by atoms with E-state index in [1.807, 2.05) is 31.2 Å². The van der Waals surface area contributed by atoms with Crippen molar-refractivity contribution in [2.24, 2.45) is 0 Å². The Bertz CT molecular complexity index is 293. The molecule has 0 aliphatic carbocycles. The van der Waals surface area contributed by atoms with Gasteiger partial charge in [0.1, 0.15) is 11.9 Å². The lowest BCUT2D eigenvalue weighted by molar-refractivity contribution is 0.0604. The van der Waals surface area contributed by atoms with Gasteiger partial charge in [0.15, 0.2) is 0 Å². The summed E-state index contributed by atoms with van der Waals surface area (Å²) >= 11 is 0. The first-order valence-electron chi connectivity index (χ1n) is 5.56. The monoisotopic (exact) mass is 224 g/mol. The molecule has 3 heteroatoms. The van der Waals surface area contributed by atoms with Crippen LogP contribution < -0.4 is 4.74 Å². The molecule has 0 fully saturated rings. The van der Waals surface area contributed by atoms with Gasteiger partial charge in [-0.25, -0.2) is 0 Å². The van der Waals surface area contributed by atoms with E-state index in [9.17, 15) is 5.11 Å². The van der Waals surface area contributed by atoms with Gasteiger partial charge in [0, 0.05) is 7.11 Å². The lowest BCUT2D eigenvalue weighted by Crippen LogP contribution is -2.25. The Morgan fingerprint density at radius 1 is 1.19 bits per heavy atom. The van der Waals surface area contributed by atoms with Crippen LogP contribution in [0, 0.1) is 0 Å². The predicted molar refractivity (Wildman–Crippen MR) is 63.8 cm³/mol. The van der Waals surface area contributed by atoms with Crippen LogP contribution in [0.2, 0.25) is 0 Å². The second-order valence-electron chi connectivity index (χ2n) is 3.95. The molecule has 0 aromatic heterocycles. The number of rotatable bonds is 6. The largest absolute Gasteiger partial charge is 0.488 e. The molecule has 1 N–H and O–H groups in total. The van der Waals surface area contributed by atoms with Gasteiger partial charge in [-0.2, -0.15) is 0 Å². The molecule has 0 heterocycles. The highest BCUT2D eigenvalue weighted by atomic mass is 16.5. The number of aliphatic hydroxyl groups excluding tert-OH is 1. The van der Waals surface area contributed by atoms with Crippen molar-refractivity contribution in [1.29, 1.82) is 0 Å². The van der Waals surface area contributed by atoms with E-state index in [-0.39, 0.29) is 6.10 Å². The van der Waals surface area contributed by atoms with Gasteiger partial charge in [0.05, 0.1) is 12.7 Å².